The van der Waals surface area contributed by atoms with Crippen LogP contribution in [0.1, 0.15) is 18.4 Å². The molecule has 152 valence electrons. The molecule has 1 aliphatic carbocycles. The van der Waals surface area contributed by atoms with Crippen LogP contribution >= 0.6 is 0 Å². The van der Waals surface area contributed by atoms with Crippen molar-refractivity contribution in [1.29, 1.82) is 0 Å². The van der Waals surface area contributed by atoms with Gasteiger partial charge in [-0.3, -0.25) is 4.90 Å². The Hall–Kier alpha value is -1.34. The number of likely N-dealkylation sites (N-methyl/N-ethyl adjacent to an activating group) is 1. The predicted octanol–water partition coefficient (Wildman–Crippen LogP) is 1.52. The molecule has 1 atom stereocenters. The highest BCUT2D eigenvalue weighted by molar-refractivity contribution is 5.40. The average molecular weight is 378 g/mol. The summed E-state index contributed by atoms with van der Waals surface area (Å²) >= 11 is 0. The van der Waals surface area contributed by atoms with Gasteiger partial charge >= 0.3 is 0 Å². The van der Waals surface area contributed by atoms with Crippen molar-refractivity contribution < 1.29 is 14.6 Å². The minimum Gasteiger partial charge on any atom is -0.497 e. The van der Waals surface area contributed by atoms with E-state index in [0.29, 0.717) is 13.2 Å². The van der Waals surface area contributed by atoms with E-state index in [1.807, 2.05) is 12.1 Å². The molecule has 1 heterocycles. The summed E-state index contributed by atoms with van der Waals surface area (Å²) in [5.41, 5.74) is 1.14. The summed E-state index contributed by atoms with van der Waals surface area (Å²) in [5.74, 6) is 2.46. The number of hydrogen-bond donors (Lipinski definition) is 1. The molecule has 1 aliphatic heterocycles. The van der Waals surface area contributed by atoms with Crippen LogP contribution in [0.25, 0.3) is 0 Å². The molecule has 2 fully saturated rings. The highest BCUT2D eigenvalue weighted by Gasteiger charge is 2.23. The van der Waals surface area contributed by atoms with Gasteiger partial charge in [-0.25, -0.2) is 0 Å². The van der Waals surface area contributed by atoms with Gasteiger partial charge in [-0.05, 0) is 38.9 Å². The molecule has 0 aromatic heterocycles. The van der Waals surface area contributed by atoms with E-state index in [1.165, 1.54) is 12.8 Å². The van der Waals surface area contributed by atoms with Crippen molar-refractivity contribution in [3.63, 3.8) is 0 Å². The van der Waals surface area contributed by atoms with Crippen LogP contribution in [0, 0.1) is 5.92 Å². The molecule has 1 N–H and O–H groups in total. The first-order valence-electron chi connectivity index (χ1n) is 10.1. The molecule has 1 aromatic rings. The summed E-state index contributed by atoms with van der Waals surface area (Å²) in [7, 11) is 5.97. The molecule has 1 saturated heterocycles. The molecule has 27 heavy (non-hydrogen) atoms. The van der Waals surface area contributed by atoms with Gasteiger partial charge in [0.25, 0.3) is 0 Å². The van der Waals surface area contributed by atoms with E-state index in [2.05, 4.69) is 34.9 Å². The van der Waals surface area contributed by atoms with E-state index in [9.17, 15) is 5.11 Å². The van der Waals surface area contributed by atoms with Gasteiger partial charge in [0, 0.05) is 57.4 Å². The Morgan fingerprint density at radius 3 is 2.63 bits per heavy atom. The summed E-state index contributed by atoms with van der Waals surface area (Å²) in [6.45, 7) is 7.07. The van der Waals surface area contributed by atoms with Crippen LogP contribution in [0.3, 0.4) is 0 Å². The molecule has 0 unspecified atom stereocenters. The first-order chi connectivity index (χ1) is 13.0. The molecule has 3 rings (SSSR count). The first-order valence-corrected chi connectivity index (χ1v) is 10.1. The molecule has 1 saturated carbocycles. The summed E-state index contributed by atoms with van der Waals surface area (Å²) in [5, 5.41) is 10.4. The number of piperazine rings is 1. The van der Waals surface area contributed by atoms with Gasteiger partial charge in [-0.2, -0.15) is 0 Å². The Kier molecular flexibility index (Phi) is 7.35. The van der Waals surface area contributed by atoms with Crippen molar-refractivity contribution in [3.8, 4) is 11.5 Å². The number of nitrogens with zero attached hydrogens (tertiary/aromatic N) is 3. The van der Waals surface area contributed by atoms with Gasteiger partial charge < -0.3 is 24.4 Å². The zero-order valence-electron chi connectivity index (χ0n) is 17.1. The first kappa shape index (κ1) is 20.4. The minimum absolute atomic E-state index is 0.304. The summed E-state index contributed by atoms with van der Waals surface area (Å²) in [6.07, 6.45) is 2.22. The Morgan fingerprint density at radius 2 is 1.96 bits per heavy atom. The Labute approximate surface area is 163 Å². The van der Waals surface area contributed by atoms with E-state index in [-0.39, 0.29) is 0 Å². The number of hydrogen-bond acceptors (Lipinski definition) is 6. The van der Waals surface area contributed by atoms with Gasteiger partial charge in [0.05, 0.1) is 7.11 Å². The fraction of sp³-hybridized carbons (Fsp3) is 0.714. The molecular weight excluding hydrogens is 342 g/mol. The monoisotopic (exact) mass is 377 g/mol. The van der Waals surface area contributed by atoms with E-state index in [0.717, 1.165) is 62.2 Å². The summed E-state index contributed by atoms with van der Waals surface area (Å²) < 4.78 is 11.4. The van der Waals surface area contributed by atoms with Gasteiger partial charge in [0.2, 0.25) is 0 Å². The largest absolute Gasteiger partial charge is 0.497 e. The van der Waals surface area contributed by atoms with Gasteiger partial charge in [0.1, 0.15) is 24.2 Å². The third kappa shape index (κ3) is 6.64. The fourth-order valence-corrected chi connectivity index (χ4v) is 3.59. The standard InChI is InChI=1S/C21H35N3O3/c1-22-8-10-24(11-9-22)15-19(25)16-27-21-12-20(26-3)7-6-18(21)14-23(2)13-17-4-5-17/h6-7,12,17,19,25H,4-5,8-11,13-16H2,1-3H3/t19-/m1/s1. The zero-order chi connectivity index (χ0) is 19.2. The molecule has 0 amide bonds. The lowest BCUT2D eigenvalue weighted by Gasteiger charge is -2.33. The van der Waals surface area contributed by atoms with Crippen molar-refractivity contribution in [2.45, 2.75) is 25.5 Å². The predicted molar refractivity (Wildman–Crippen MR) is 107 cm³/mol. The molecule has 0 radical (unpaired) electrons. The number of aliphatic hydroxyl groups is 1. The highest BCUT2D eigenvalue weighted by atomic mass is 16.5. The topological polar surface area (TPSA) is 48.4 Å². The lowest BCUT2D eigenvalue weighted by molar-refractivity contribution is 0.0500. The Bertz CT molecular complexity index is 586. The molecule has 6 heteroatoms. The maximum absolute atomic E-state index is 10.4. The minimum atomic E-state index is -0.489. The smallest absolute Gasteiger partial charge is 0.127 e. The molecule has 6 nitrogen and oxygen atoms in total. The molecule has 0 spiro atoms. The normalized spacial score (nSPS) is 20.0. The third-order valence-corrected chi connectivity index (χ3v) is 5.48. The molecule has 1 aromatic carbocycles. The maximum atomic E-state index is 10.4. The number of benzene rings is 1. The van der Waals surface area contributed by atoms with E-state index in [1.54, 1.807) is 7.11 Å². The van der Waals surface area contributed by atoms with E-state index in [4.69, 9.17) is 9.47 Å². The summed E-state index contributed by atoms with van der Waals surface area (Å²) in [6, 6.07) is 5.99. The lowest BCUT2D eigenvalue weighted by Crippen LogP contribution is -2.47. The molecule has 2 aliphatic rings. The zero-order valence-corrected chi connectivity index (χ0v) is 17.1. The van der Waals surface area contributed by atoms with Crippen LogP contribution in [-0.4, -0.2) is 93.0 Å². The number of methoxy groups -OCH3 is 1. The average Bonchev–Trinajstić information content (AvgIpc) is 3.46. The second-order valence-corrected chi connectivity index (χ2v) is 8.18. The van der Waals surface area contributed by atoms with Gasteiger partial charge in [-0.15, -0.1) is 0 Å². The Balaban J connectivity index is 1.53. The second-order valence-electron chi connectivity index (χ2n) is 8.18. The van der Waals surface area contributed by atoms with Crippen molar-refractivity contribution in [2.75, 3.05) is 67.1 Å². The number of β-amino-alcohol motifs (C(OH)–C–C–N with tert-alkyl or cyclic N) is 1. The van der Waals surface area contributed by atoms with Crippen LogP contribution < -0.4 is 9.47 Å². The number of ether oxygens (including phenoxy) is 2. The van der Waals surface area contributed by atoms with Crippen molar-refractivity contribution in [3.05, 3.63) is 23.8 Å². The van der Waals surface area contributed by atoms with Gasteiger partial charge in [0.15, 0.2) is 0 Å². The number of aliphatic hydroxyl groups excluding tert-OH is 1. The van der Waals surface area contributed by atoms with Crippen LogP contribution in [-0.2, 0) is 6.54 Å². The van der Waals surface area contributed by atoms with E-state index < -0.39 is 6.10 Å². The Morgan fingerprint density at radius 1 is 1.22 bits per heavy atom. The highest BCUT2D eigenvalue weighted by Crippen LogP contribution is 2.31. The molecule has 0 bridgehead atoms. The second kappa shape index (κ2) is 9.73. The van der Waals surface area contributed by atoms with Crippen molar-refractivity contribution in [2.24, 2.45) is 5.92 Å². The third-order valence-electron chi connectivity index (χ3n) is 5.48. The van der Waals surface area contributed by atoms with E-state index >= 15 is 0 Å². The van der Waals surface area contributed by atoms with Gasteiger partial charge in [-0.1, -0.05) is 6.07 Å². The van der Waals surface area contributed by atoms with Crippen LogP contribution in [0.2, 0.25) is 0 Å². The lowest BCUT2D eigenvalue weighted by atomic mass is 10.1. The maximum Gasteiger partial charge on any atom is 0.127 e. The quantitative estimate of drug-likeness (QED) is 0.667. The molecular formula is C21H35N3O3. The van der Waals surface area contributed by atoms with Crippen LogP contribution in [0.5, 0.6) is 11.5 Å². The van der Waals surface area contributed by atoms with Crippen LogP contribution in [0.4, 0.5) is 0 Å². The van der Waals surface area contributed by atoms with Crippen LogP contribution in [0.15, 0.2) is 18.2 Å². The number of rotatable bonds is 10. The summed E-state index contributed by atoms with van der Waals surface area (Å²) in [4.78, 5) is 6.98. The van der Waals surface area contributed by atoms with Crippen molar-refractivity contribution >= 4 is 0 Å². The fourth-order valence-electron chi connectivity index (χ4n) is 3.59. The van der Waals surface area contributed by atoms with Crippen molar-refractivity contribution in [1.82, 2.24) is 14.7 Å². The SMILES string of the molecule is COc1ccc(CN(C)CC2CC2)c(OC[C@H](O)CN2CCN(C)CC2)c1.